The first-order valence-electron chi connectivity index (χ1n) is 6.47. The lowest BCUT2D eigenvalue weighted by atomic mass is 10.1. The fourth-order valence-corrected chi connectivity index (χ4v) is 2.27. The summed E-state index contributed by atoms with van der Waals surface area (Å²) >= 11 is 3.05. The average Bonchev–Trinajstić information content (AvgIpc) is 3.17. The molecule has 0 atom stereocenters. The van der Waals surface area contributed by atoms with Gasteiger partial charge in [0, 0.05) is 0 Å². The van der Waals surface area contributed by atoms with Gasteiger partial charge >= 0.3 is 6.18 Å². The summed E-state index contributed by atoms with van der Waals surface area (Å²) in [6.07, 6.45) is -2.01. The molecule has 2 heterocycles. The zero-order chi connectivity index (χ0) is 17.3. The molecule has 3 rings (SSSR count). The van der Waals surface area contributed by atoms with E-state index in [2.05, 4.69) is 31.3 Å². The number of halogens is 4. The molecule has 0 fully saturated rings. The normalized spacial score (nSPS) is 11.5. The molecule has 1 aromatic carbocycles. The van der Waals surface area contributed by atoms with Gasteiger partial charge in [0.05, 0.1) is 16.9 Å². The Morgan fingerprint density at radius 1 is 1.25 bits per heavy atom. The number of carbonyl (C=O) groups excluding carboxylic acids is 1. The van der Waals surface area contributed by atoms with Gasteiger partial charge in [0.25, 0.3) is 5.91 Å². The molecular formula is C14H8BrF3N4O2. The largest absolute Gasteiger partial charge is 0.444 e. The number of alkyl halides is 3. The molecule has 3 aromatic rings. The topological polar surface area (TPSA) is 73.0 Å². The van der Waals surface area contributed by atoms with E-state index in [0.29, 0.717) is 4.67 Å². The van der Waals surface area contributed by atoms with Crippen molar-refractivity contribution >= 4 is 27.5 Å². The van der Waals surface area contributed by atoms with E-state index in [-0.39, 0.29) is 17.1 Å². The highest BCUT2D eigenvalue weighted by atomic mass is 79.9. The van der Waals surface area contributed by atoms with Gasteiger partial charge in [-0.3, -0.25) is 4.79 Å². The number of aromatic nitrogens is 3. The first-order valence-corrected chi connectivity index (χ1v) is 7.27. The number of nitrogens with zero attached hydrogens (tertiary/aromatic N) is 3. The monoisotopic (exact) mass is 400 g/mol. The van der Waals surface area contributed by atoms with Crippen molar-refractivity contribution in [2.75, 3.05) is 5.32 Å². The molecule has 1 N–H and O–H groups in total. The van der Waals surface area contributed by atoms with Crippen LogP contribution < -0.4 is 5.32 Å². The fourth-order valence-electron chi connectivity index (χ4n) is 1.97. The lowest BCUT2D eigenvalue weighted by Gasteiger charge is -2.13. The Balaban J connectivity index is 2.01. The number of hydrogen-bond acceptors (Lipinski definition) is 4. The van der Waals surface area contributed by atoms with Crippen LogP contribution >= 0.6 is 15.9 Å². The Morgan fingerprint density at radius 2 is 2.04 bits per heavy atom. The highest BCUT2D eigenvalue weighted by Gasteiger charge is 2.31. The standard InChI is InChI=1S/C14H8BrF3N4O2/c15-12-4-3-11(24-12)13(23)21-9-5-8(14(16,17)18)1-2-10(9)22-7-19-6-20-22/h1-7H,(H,21,23). The number of furan rings is 1. The summed E-state index contributed by atoms with van der Waals surface area (Å²) in [5, 5.41) is 6.26. The number of anilines is 1. The number of carbonyl (C=O) groups is 1. The van der Waals surface area contributed by atoms with Crippen molar-refractivity contribution in [3.63, 3.8) is 0 Å². The van der Waals surface area contributed by atoms with Gasteiger partial charge in [-0.2, -0.15) is 18.3 Å². The van der Waals surface area contributed by atoms with E-state index in [4.69, 9.17) is 4.42 Å². The maximum Gasteiger partial charge on any atom is 0.416 e. The molecule has 0 radical (unpaired) electrons. The molecule has 0 bridgehead atoms. The predicted octanol–water partition coefficient (Wildman–Crippen LogP) is 3.89. The van der Waals surface area contributed by atoms with Gasteiger partial charge in [0.2, 0.25) is 0 Å². The second kappa shape index (κ2) is 6.11. The van der Waals surface area contributed by atoms with Gasteiger partial charge in [-0.05, 0) is 46.3 Å². The number of hydrogen-bond donors (Lipinski definition) is 1. The van der Waals surface area contributed by atoms with Crippen molar-refractivity contribution in [1.82, 2.24) is 14.8 Å². The molecule has 0 saturated carbocycles. The molecule has 0 unspecified atom stereocenters. The molecule has 0 saturated heterocycles. The minimum atomic E-state index is -4.55. The van der Waals surface area contributed by atoms with Crippen molar-refractivity contribution in [2.24, 2.45) is 0 Å². The van der Waals surface area contributed by atoms with Crippen LogP contribution in [-0.4, -0.2) is 20.7 Å². The zero-order valence-electron chi connectivity index (χ0n) is 11.7. The van der Waals surface area contributed by atoms with E-state index in [1.807, 2.05) is 0 Å². The smallest absolute Gasteiger partial charge is 0.416 e. The van der Waals surface area contributed by atoms with Crippen LogP contribution in [-0.2, 0) is 6.18 Å². The van der Waals surface area contributed by atoms with Crippen LogP contribution in [0, 0.1) is 0 Å². The second-order valence-corrected chi connectivity index (χ2v) is 5.41. The molecule has 0 spiro atoms. The van der Waals surface area contributed by atoms with Gasteiger partial charge in [0.1, 0.15) is 12.7 Å². The van der Waals surface area contributed by atoms with Crippen LogP contribution in [0.3, 0.4) is 0 Å². The second-order valence-electron chi connectivity index (χ2n) is 4.63. The van der Waals surface area contributed by atoms with Gasteiger partial charge < -0.3 is 9.73 Å². The lowest BCUT2D eigenvalue weighted by Crippen LogP contribution is -2.15. The molecule has 0 aliphatic rings. The summed E-state index contributed by atoms with van der Waals surface area (Å²) in [6, 6.07) is 5.82. The third-order valence-corrected chi connectivity index (χ3v) is 3.46. The summed E-state index contributed by atoms with van der Waals surface area (Å²) in [5.41, 5.74) is -0.741. The zero-order valence-corrected chi connectivity index (χ0v) is 13.3. The minimum Gasteiger partial charge on any atom is -0.444 e. The Kier molecular flexibility index (Phi) is 4.14. The Bertz CT molecular complexity index is 875. The van der Waals surface area contributed by atoms with Gasteiger partial charge in [-0.25, -0.2) is 9.67 Å². The fraction of sp³-hybridized carbons (Fsp3) is 0.0714. The van der Waals surface area contributed by atoms with E-state index in [0.717, 1.165) is 12.1 Å². The van der Waals surface area contributed by atoms with Crippen molar-refractivity contribution < 1.29 is 22.4 Å². The SMILES string of the molecule is O=C(Nc1cc(C(F)(F)F)ccc1-n1cncn1)c1ccc(Br)o1. The molecule has 6 nitrogen and oxygen atoms in total. The van der Waals surface area contributed by atoms with Crippen molar-refractivity contribution in [3.05, 3.63) is 59.0 Å². The maximum atomic E-state index is 12.9. The summed E-state index contributed by atoms with van der Waals surface area (Å²) in [7, 11) is 0. The first kappa shape index (κ1) is 16.2. The summed E-state index contributed by atoms with van der Waals surface area (Å²) in [4.78, 5) is 15.9. The van der Waals surface area contributed by atoms with E-state index >= 15 is 0 Å². The van der Waals surface area contributed by atoms with Crippen LogP contribution in [0.5, 0.6) is 0 Å². The highest BCUT2D eigenvalue weighted by molar-refractivity contribution is 9.10. The van der Waals surface area contributed by atoms with Crippen LogP contribution in [0.4, 0.5) is 18.9 Å². The van der Waals surface area contributed by atoms with Crippen molar-refractivity contribution in [1.29, 1.82) is 0 Å². The number of amides is 1. The molecule has 124 valence electrons. The number of benzene rings is 1. The Labute approximate surface area is 141 Å². The summed E-state index contributed by atoms with van der Waals surface area (Å²) in [5.74, 6) is -0.745. The molecule has 0 aliphatic heterocycles. The molecule has 0 aliphatic carbocycles. The highest BCUT2D eigenvalue weighted by Crippen LogP contribution is 2.33. The lowest BCUT2D eigenvalue weighted by molar-refractivity contribution is -0.137. The number of nitrogens with one attached hydrogen (secondary N) is 1. The maximum absolute atomic E-state index is 12.9. The van der Waals surface area contributed by atoms with Gasteiger partial charge in [0.15, 0.2) is 10.4 Å². The molecule has 2 aromatic heterocycles. The summed E-state index contributed by atoms with van der Waals surface area (Å²) in [6.45, 7) is 0. The van der Waals surface area contributed by atoms with Gasteiger partial charge in [-0.1, -0.05) is 0 Å². The Hall–Kier alpha value is -2.62. The average molecular weight is 401 g/mol. The van der Waals surface area contributed by atoms with Crippen LogP contribution in [0.2, 0.25) is 0 Å². The van der Waals surface area contributed by atoms with Crippen LogP contribution in [0.15, 0.2) is 52.1 Å². The summed E-state index contributed by atoms with van der Waals surface area (Å²) < 4.78 is 45.5. The Morgan fingerprint density at radius 3 is 2.62 bits per heavy atom. The van der Waals surface area contributed by atoms with Crippen molar-refractivity contribution in [2.45, 2.75) is 6.18 Å². The molecule has 10 heteroatoms. The van der Waals surface area contributed by atoms with E-state index in [9.17, 15) is 18.0 Å². The quantitative estimate of drug-likeness (QED) is 0.723. The van der Waals surface area contributed by atoms with E-state index in [1.54, 1.807) is 0 Å². The van der Waals surface area contributed by atoms with Crippen LogP contribution in [0.25, 0.3) is 5.69 Å². The molecule has 1 amide bonds. The van der Waals surface area contributed by atoms with Gasteiger partial charge in [-0.15, -0.1) is 0 Å². The molecular weight excluding hydrogens is 393 g/mol. The van der Waals surface area contributed by atoms with Crippen LogP contribution in [0.1, 0.15) is 16.1 Å². The third-order valence-electron chi connectivity index (χ3n) is 3.03. The van der Waals surface area contributed by atoms with Crippen molar-refractivity contribution in [3.8, 4) is 5.69 Å². The van der Waals surface area contributed by atoms with E-state index < -0.39 is 17.6 Å². The number of rotatable bonds is 3. The first-order chi connectivity index (χ1) is 11.3. The minimum absolute atomic E-state index is 0.0520. The van der Waals surface area contributed by atoms with E-state index in [1.165, 1.54) is 35.5 Å². The predicted molar refractivity (Wildman–Crippen MR) is 80.7 cm³/mol. The third kappa shape index (κ3) is 3.32. The molecule has 24 heavy (non-hydrogen) atoms.